The molecular weight excluding hydrogens is 456 g/mol. The Morgan fingerprint density at radius 2 is 1.89 bits per heavy atom. The molecule has 0 aliphatic carbocycles. The van der Waals surface area contributed by atoms with Crippen molar-refractivity contribution in [2.75, 3.05) is 44.4 Å². The summed E-state index contributed by atoms with van der Waals surface area (Å²) in [4.78, 5) is 30.1. The van der Waals surface area contributed by atoms with Crippen molar-refractivity contribution >= 4 is 34.1 Å². The highest BCUT2D eigenvalue weighted by Gasteiger charge is 2.33. The van der Waals surface area contributed by atoms with Gasteiger partial charge in [0, 0.05) is 30.1 Å². The van der Waals surface area contributed by atoms with Crippen molar-refractivity contribution in [2.24, 2.45) is 5.92 Å². The SMILES string of the molecule is C[C@H]1CN([C@@H](C)CO)C(=O)c2cc(NC(=O)Nc3cccc4ccccc34)ccc2O[C@H]1CN(C)C. The highest BCUT2D eigenvalue weighted by atomic mass is 16.5. The minimum atomic E-state index is -0.412. The molecular formula is C28H34N4O4. The third-order valence-electron chi connectivity index (χ3n) is 6.51. The molecule has 0 saturated heterocycles. The highest BCUT2D eigenvalue weighted by Crippen LogP contribution is 2.31. The number of rotatable bonds is 6. The Kier molecular flexibility index (Phi) is 7.76. The molecule has 0 fully saturated rings. The number of aliphatic hydroxyl groups excluding tert-OH is 1. The van der Waals surface area contributed by atoms with Gasteiger partial charge in [0.15, 0.2) is 0 Å². The van der Waals surface area contributed by atoms with E-state index in [1.54, 1.807) is 23.1 Å². The number of hydrogen-bond donors (Lipinski definition) is 3. The summed E-state index contributed by atoms with van der Waals surface area (Å²) in [6.45, 7) is 4.88. The molecule has 0 spiro atoms. The number of likely N-dealkylation sites (N-methyl/N-ethyl adjacent to an activating group) is 1. The van der Waals surface area contributed by atoms with Gasteiger partial charge in [0.25, 0.3) is 5.91 Å². The topological polar surface area (TPSA) is 94.1 Å². The molecule has 3 N–H and O–H groups in total. The van der Waals surface area contributed by atoms with Crippen molar-refractivity contribution in [3.8, 4) is 5.75 Å². The van der Waals surface area contributed by atoms with Crippen LogP contribution in [0.3, 0.4) is 0 Å². The normalized spacial score (nSPS) is 18.7. The number of nitrogens with zero attached hydrogens (tertiary/aromatic N) is 2. The summed E-state index contributed by atoms with van der Waals surface area (Å²) in [5.74, 6) is 0.288. The molecule has 0 bridgehead atoms. The molecule has 4 rings (SSSR count). The van der Waals surface area contributed by atoms with Crippen LogP contribution >= 0.6 is 0 Å². The minimum Gasteiger partial charge on any atom is -0.488 e. The van der Waals surface area contributed by atoms with E-state index >= 15 is 0 Å². The fraction of sp³-hybridized carbons (Fsp3) is 0.357. The summed E-state index contributed by atoms with van der Waals surface area (Å²) in [5, 5.41) is 17.5. The number of carbonyl (C=O) groups excluding carboxylic acids is 2. The van der Waals surface area contributed by atoms with Gasteiger partial charge in [-0.2, -0.15) is 0 Å². The Morgan fingerprint density at radius 1 is 1.14 bits per heavy atom. The van der Waals surface area contributed by atoms with E-state index in [-0.39, 0.29) is 30.6 Å². The maximum Gasteiger partial charge on any atom is 0.323 e. The summed E-state index contributed by atoms with van der Waals surface area (Å²) < 4.78 is 6.32. The van der Waals surface area contributed by atoms with Gasteiger partial charge >= 0.3 is 6.03 Å². The van der Waals surface area contributed by atoms with Crippen LogP contribution in [-0.2, 0) is 0 Å². The number of hydrogen-bond acceptors (Lipinski definition) is 5. The first-order chi connectivity index (χ1) is 17.3. The van der Waals surface area contributed by atoms with Crippen molar-refractivity contribution in [3.05, 3.63) is 66.2 Å². The lowest BCUT2D eigenvalue weighted by molar-refractivity contribution is 0.0363. The molecule has 36 heavy (non-hydrogen) atoms. The van der Waals surface area contributed by atoms with E-state index in [9.17, 15) is 14.7 Å². The van der Waals surface area contributed by atoms with Crippen LogP contribution in [0.15, 0.2) is 60.7 Å². The number of anilines is 2. The lowest BCUT2D eigenvalue weighted by Crippen LogP contribution is -2.49. The molecule has 0 aromatic heterocycles. The van der Waals surface area contributed by atoms with Gasteiger partial charge in [0.1, 0.15) is 11.9 Å². The van der Waals surface area contributed by atoms with Gasteiger partial charge in [-0.3, -0.25) is 4.79 Å². The second-order valence-electron chi connectivity index (χ2n) is 9.70. The molecule has 190 valence electrons. The van der Waals surface area contributed by atoms with E-state index in [0.29, 0.717) is 35.8 Å². The van der Waals surface area contributed by atoms with Crippen LogP contribution in [0.25, 0.3) is 10.8 Å². The van der Waals surface area contributed by atoms with Gasteiger partial charge in [0.2, 0.25) is 0 Å². The smallest absolute Gasteiger partial charge is 0.323 e. The zero-order valence-electron chi connectivity index (χ0n) is 21.2. The second-order valence-corrected chi connectivity index (χ2v) is 9.70. The maximum atomic E-state index is 13.5. The zero-order valence-corrected chi connectivity index (χ0v) is 21.2. The van der Waals surface area contributed by atoms with E-state index in [4.69, 9.17) is 4.74 Å². The number of ether oxygens (including phenoxy) is 1. The Labute approximate surface area is 211 Å². The van der Waals surface area contributed by atoms with Gasteiger partial charge in [-0.15, -0.1) is 0 Å². The molecule has 8 nitrogen and oxygen atoms in total. The summed E-state index contributed by atoms with van der Waals surface area (Å²) in [6.07, 6.45) is -0.145. The molecule has 0 saturated carbocycles. The lowest BCUT2D eigenvalue weighted by Gasteiger charge is -2.37. The molecule has 3 atom stereocenters. The minimum absolute atomic E-state index is 0.0581. The first-order valence-corrected chi connectivity index (χ1v) is 12.2. The van der Waals surface area contributed by atoms with Gasteiger partial charge < -0.3 is 30.3 Å². The summed E-state index contributed by atoms with van der Waals surface area (Å²) in [7, 11) is 3.97. The molecule has 3 aromatic carbocycles. The zero-order chi connectivity index (χ0) is 25.8. The summed E-state index contributed by atoms with van der Waals surface area (Å²) in [5.41, 5.74) is 1.52. The average Bonchev–Trinajstić information content (AvgIpc) is 2.86. The monoisotopic (exact) mass is 490 g/mol. The molecule has 3 aromatic rings. The van der Waals surface area contributed by atoms with Crippen molar-refractivity contribution < 1.29 is 19.4 Å². The van der Waals surface area contributed by atoms with Crippen LogP contribution in [0.1, 0.15) is 24.2 Å². The van der Waals surface area contributed by atoms with Crippen LogP contribution in [0.2, 0.25) is 0 Å². The molecule has 8 heteroatoms. The predicted molar refractivity (Wildman–Crippen MR) is 143 cm³/mol. The number of fused-ring (bicyclic) bond motifs is 2. The van der Waals surface area contributed by atoms with Crippen molar-refractivity contribution in [1.29, 1.82) is 0 Å². The van der Waals surface area contributed by atoms with E-state index in [0.717, 1.165) is 10.8 Å². The number of aliphatic hydroxyl groups is 1. The molecule has 1 aliphatic rings. The average molecular weight is 491 g/mol. The van der Waals surface area contributed by atoms with Crippen LogP contribution < -0.4 is 15.4 Å². The second kappa shape index (κ2) is 11.0. The highest BCUT2D eigenvalue weighted by molar-refractivity contribution is 6.07. The standard InChI is InChI=1S/C28H34N4O4/c1-18-15-32(19(2)17-33)27(34)23-14-21(12-13-25(23)36-26(18)16-31(3)4)29-28(35)30-24-11-7-9-20-8-5-6-10-22(20)24/h5-14,18-19,26,33H,15-17H2,1-4H3,(H2,29,30,35)/t18-,19-,26-/m0/s1. The Morgan fingerprint density at radius 3 is 2.64 bits per heavy atom. The largest absolute Gasteiger partial charge is 0.488 e. The fourth-order valence-corrected chi connectivity index (χ4v) is 4.50. The van der Waals surface area contributed by atoms with Crippen LogP contribution in [-0.4, -0.2) is 72.8 Å². The van der Waals surface area contributed by atoms with Crippen molar-refractivity contribution in [3.63, 3.8) is 0 Å². The fourth-order valence-electron chi connectivity index (χ4n) is 4.50. The Bertz CT molecular complexity index is 1240. The summed E-state index contributed by atoms with van der Waals surface area (Å²) in [6, 6.07) is 17.9. The third kappa shape index (κ3) is 5.61. The number of urea groups is 1. The summed E-state index contributed by atoms with van der Waals surface area (Å²) >= 11 is 0. The lowest BCUT2D eigenvalue weighted by atomic mass is 9.99. The van der Waals surface area contributed by atoms with Crippen molar-refractivity contribution in [2.45, 2.75) is 26.0 Å². The molecule has 1 aliphatic heterocycles. The van der Waals surface area contributed by atoms with Gasteiger partial charge in [-0.1, -0.05) is 43.3 Å². The maximum absolute atomic E-state index is 13.5. The van der Waals surface area contributed by atoms with Gasteiger partial charge in [-0.25, -0.2) is 4.79 Å². The van der Waals surface area contributed by atoms with E-state index in [1.165, 1.54) is 0 Å². The number of benzene rings is 3. The van der Waals surface area contributed by atoms with E-state index < -0.39 is 6.03 Å². The van der Waals surface area contributed by atoms with E-state index in [1.807, 2.05) is 63.5 Å². The van der Waals surface area contributed by atoms with E-state index in [2.05, 4.69) is 22.5 Å². The first kappa shape index (κ1) is 25.5. The van der Waals surface area contributed by atoms with Gasteiger partial charge in [-0.05, 0) is 50.7 Å². The molecule has 1 heterocycles. The third-order valence-corrected chi connectivity index (χ3v) is 6.51. The van der Waals surface area contributed by atoms with Crippen LogP contribution in [0.5, 0.6) is 5.75 Å². The number of nitrogens with one attached hydrogen (secondary N) is 2. The Hall–Kier alpha value is -3.62. The molecule has 0 radical (unpaired) electrons. The van der Waals surface area contributed by atoms with Crippen molar-refractivity contribution in [1.82, 2.24) is 9.80 Å². The van der Waals surface area contributed by atoms with Gasteiger partial charge in [0.05, 0.1) is 23.9 Å². The molecule has 3 amide bonds. The quantitative estimate of drug-likeness (QED) is 0.480. The number of carbonyl (C=O) groups is 2. The Balaban J connectivity index is 1.61. The number of amides is 3. The molecule has 0 unspecified atom stereocenters. The predicted octanol–water partition coefficient (Wildman–Crippen LogP) is 4.27. The van der Waals surface area contributed by atoms with Crippen LogP contribution in [0.4, 0.5) is 16.2 Å². The van der Waals surface area contributed by atoms with Crippen LogP contribution in [0, 0.1) is 5.92 Å². The first-order valence-electron chi connectivity index (χ1n) is 12.2.